The van der Waals surface area contributed by atoms with Crippen LogP contribution in [0.4, 0.5) is 0 Å². The maximum absolute atomic E-state index is 10.8. The summed E-state index contributed by atoms with van der Waals surface area (Å²) in [4.78, 5) is 10.6. The molecule has 0 N–H and O–H groups in total. The lowest BCUT2D eigenvalue weighted by Gasteiger charge is -2.25. The molecule has 0 bridgehead atoms. The summed E-state index contributed by atoms with van der Waals surface area (Å²) in [6, 6.07) is -0.497. The van der Waals surface area contributed by atoms with Crippen LogP contribution in [0.15, 0.2) is 12.2 Å². The van der Waals surface area contributed by atoms with Crippen molar-refractivity contribution in [1.29, 1.82) is 0 Å². The van der Waals surface area contributed by atoms with Crippen LogP contribution >= 0.6 is 0 Å². The van der Waals surface area contributed by atoms with E-state index in [1.165, 1.54) is 0 Å². The molecule has 0 saturated heterocycles. The molecule has 15 heavy (non-hydrogen) atoms. The Kier molecular flexibility index (Phi) is 4.71. The van der Waals surface area contributed by atoms with E-state index in [2.05, 4.69) is 0 Å². The zero-order valence-corrected chi connectivity index (χ0v) is 9.09. The van der Waals surface area contributed by atoms with Crippen LogP contribution in [0.2, 0.25) is 0 Å². The molecule has 0 fully saturated rings. The Morgan fingerprint density at radius 3 is 2.53 bits per heavy atom. The second-order valence-electron chi connectivity index (χ2n) is 3.69. The fourth-order valence-electron chi connectivity index (χ4n) is 1.90. The molecule has 5 nitrogen and oxygen atoms in total. The summed E-state index contributed by atoms with van der Waals surface area (Å²) < 4.78 is 10.1. The van der Waals surface area contributed by atoms with E-state index in [0.29, 0.717) is 12.8 Å². The van der Waals surface area contributed by atoms with E-state index in [4.69, 9.17) is 9.47 Å². The molecule has 0 amide bonds. The van der Waals surface area contributed by atoms with Gasteiger partial charge in [-0.2, -0.15) is 0 Å². The molecule has 0 saturated carbocycles. The number of methoxy groups -OCH3 is 2. The molecule has 0 heterocycles. The van der Waals surface area contributed by atoms with Gasteiger partial charge in [0.25, 0.3) is 0 Å². The SMILES string of the molecule is COC(C[C@@H]1CC=CC[C@H]1[N+](=O)[O-])OC. The maximum Gasteiger partial charge on any atom is 0.219 e. The quantitative estimate of drug-likeness (QED) is 0.302. The predicted octanol–water partition coefficient (Wildman–Crippen LogP) is 1.61. The van der Waals surface area contributed by atoms with Crippen LogP contribution in [-0.2, 0) is 9.47 Å². The Hall–Kier alpha value is -0.940. The van der Waals surface area contributed by atoms with Gasteiger partial charge in [0.1, 0.15) is 0 Å². The minimum atomic E-state index is -0.497. The van der Waals surface area contributed by atoms with Crippen LogP contribution in [-0.4, -0.2) is 31.5 Å². The van der Waals surface area contributed by atoms with Crippen molar-refractivity contribution in [2.75, 3.05) is 14.2 Å². The summed E-state index contributed by atoms with van der Waals surface area (Å²) in [7, 11) is 3.10. The van der Waals surface area contributed by atoms with Gasteiger partial charge in [-0.15, -0.1) is 0 Å². The van der Waals surface area contributed by atoms with Gasteiger partial charge >= 0.3 is 0 Å². The van der Waals surface area contributed by atoms with E-state index < -0.39 is 6.04 Å². The van der Waals surface area contributed by atoms with Crippen molar-refractivity contribution in [1.82, 2.24) is 0 Å². The lowest BCUT2D eigenvalue weighted by molar-refractivity contribution is -0.533. The molecule has 5 heteroatoms. The molecule has 86 valence electrons. The molecule has 0 aromatic carbocycles. The van der Waals surface area contributed by atoms with Crippen LogP contribution in [0.25, 0.3) is 0 Å². The largest absolute Gasteiger partial charge is 0.356 e. The van der Waals surface area contributed by atoms with Crippen LogP contribution < -0.4 is 0 Å². The molecule has 1 aliphatic carbocycles. The number of hydrogen-bond acceptors (Lipinski definition) is 4. The lowest BCUT2D eigenvalue weighted by atomic mass is 9.87. The lowest BCUT2D eigenvalue weighted by Crippen LogP contribution is -2.33. The molecule has 2 atom stereocenters. The van der Waals surface area contributed by atoms with Crippen LogP contribution in [0.3, 0.4) is 0 Å². The number of rotatable bonds is 5. The van der Waals surface area contributed by atoms with Crippen molar-refractivity contribution < 1.29 is 14.4 Å². The highest BCUT2D eigenvalue weighted by Crippen LogP contribution is 2.26. The average Bonchev–Trinajstić information content (AvgIpc) is 2.26. The third kappa shape index (κ3) is 3.28. The van der Waals surface area contributed by atoms with Gasteiger partial charge in [0, 0.05) is 37.9 Å². The minimum absolute atomic E-state index is 0.00917. The molecule has 1 aliphatic rings. The topological polar surface area (TPSA) is 61.6 Å². The van der Waals surface area contributed by atoms with E-state index >= 15 is 0 Å². The van der Waals surface area contributed by atoms with Gasteiger partial charge in [-0.1, -0.05) is 12.2 Å². The average molecular weight is 215 g/mol. The number of ether oxygens (including phenoxy) is 2. The molecular weight excluding hydrogens is 198 g/mol. The van der Waals surface area contributed by atoms with Crippen LogP contribution in [0.5, 0.6) is 0 Å². The zero-order valence-electron chi connectivity index (χ0n) is 9.09. The summed E-state index contributed by atoms with van der Waals surface area (Å²) in [5, 5.41) is 10.8. The first kappa shape index (κ1) is 12.1. The van der Waals surface area contributed by atoms with Gasteiger partial charge in [0.05, 0.1) is 0 Å². The first-order valence-corrected chi connectivity index (χ1v) is 5.03. The van der Waals surface area contributed by atoms with Crippen LogP contribution in [0.1, 0.15) is 19.3 Å². The molecular formula is C10H17NO4. The first-order valence-electron chi connectivity index (χ1n) is 5.03. The molecule has 0 aromatic rings. The van der Waals surface area contributed by atoms with E-state index in [0.717, 1.165) is 6.42 Å². The van der Waals surface area contributed by atoms with Crippen molar-refractivity contribution in [2.45, 2.75) is 31.6 Å². The molecule has 0 aliphatic heterocycles. The number of allylic oxidation sites excluding steroid dienone is 1. The van der Waals surface area contributed by atoms with Crippen molar-refractivity contribution in [3.8, 4) is 0 Å². The van der Waals surface area contributed by atoms with Gasteiger partial charge < -0.3 is 9.47 Å². The molecule has 0 aromatic heterocycles. The summed E-state index contributed by atoms with van der Waals surface area (Å²) in [5.74, 6) is 0.00917. The first-order chi connectivity index (χ1) is 7.19. The van der Waals surface area contributed by atoms with E-state index in [9.17, 15) is 10.1 Å². The summed E-state index contributed by atoms with van der Waals surface area (Å²) in [5.41, 5.74) is 0. The summed E-state index contributed by atoms with van der Waals surface area (Å²) in [6.07, 6.45) is 5.34. The van der Waals surface area contributed by atoms with E-state index in [-0.39, 0.29) is 17.1 Å². The Morgan fingerprint density at radius 2 is 2.00 bits per heavy atom. The predicted molar refractivity (Wildman–Crippen MR) is 55.1 cm³/mol. The Morgan fingerprint density at radius 1 is 1.40 bits per heavy atom. The second kappa shape index (κ2) is 5.82. The fraction of sp³-hybridized carbons (Fsp3) is 0.800. The maximum atomic E-state index is 10.8. The van der Waals surface area contributed by atoms with E-state index in [1.807, 2.05) is 12.2 Å². The second-order valence-corrected chi connectivity index (χ2v) is 3.69. The van der Waals surface area contributed by atoms with Gasteiger partial charge in [-0.05, 0) is 6.42 Å². The highest BCUT2D eigenvalue weighted by molar-refractivity contribution is 4.95. The summed E-state index contributed by atoms with van der Waals surface area (Å²) in [6.45, 7) is 0. The van der Waals surface area contributed by atoms with Gasteiger partial charge in [-0.3, -0.25) is 10.1 Å². The van der Waals surface area contributed by atoms with Crippen molar-refractivity contribution >= 4 is 0 Å². The number of hydrogen-bond donors (Lipinski definition) is 0. The van der Waals surface area contributed by atoms with Gasteiger partial charge in [-0.25, -0.2) is 0 Å². The number of nitro groups is 1. The Labute approximate surface area is 89.2 Å². The normalized spacial score (nSPS) is 25.8. The van der Waals surface area contributed by atoms with Crippen molar-refractivity contribution in [3.05, 3.63) is 22.3 Å². The van der Waals surface area contributed by atoms with Gasteiger partial charge in [0.15, 0.2) is 6.29 Å². The van der Waals surface area contributed by atoms with E-state index in [1.54, 1.807) is 14.2 Å². The van der Waals surface area contributed by atoms with Crippen LogP contribution in [0, 0.1) is 16.0 Å². The third-order valence-electron chi connectivity index (χ3n) is 2.82. The van der Waals surface area contributed by atoms with Gasteiger partial charge in [0.2, 0.25) is 6.04 Å². The highest BCUT2D eigenvalue weighted by atomic mass is 16.7. The van der Waals surface area contributed by atoms with Crippen molar-refractivity contribution in [2.24, 2.45) is 5.92 Å². The Bertz CT molecular complexity index is 238. The highest BCUT2D eigenvalue weighted by Gasteiger charge is 2.33. The smallest absolute Gasteiger partial charge is 0.219 e. The zero-order chi connectivity index (χ0) is 11.3. The molecule has 1 rings (SSSR count). The fourth-order valence-corrected chi connectivity index (χ4v) is 1.90. The molecule has 0 radical (unpaired) electrons. The van der Waals surface area contributed by atoms with Crippen molar-refractivity contribution in [3.63, 3.8) is 0 Å². The molecule has 0 unspecified atom stereocenters. The summed E-state index contributed by atoms with van der Waals surface area (Å²) >= 11 is 0. The standard InChI is InChI=1S/C10H17NO4/c1-14-10(15-2)7-8-5-3-4-6-9(8)11(12)13/h3-4,8-10H,5-7H2,1-2H3/t8-,9+/m0/s1. The Balaban J connectivity index is 2.57. The molecule has 0 spiro atoms. The monoisotopic (exact) mass is 215 g/mol. The third-order valence-corrected chi connectivity index (χ3v) is 2.82. The minimum Gasteiger partial charge on any atom is -0.356 e. The number of nitrogens with zero attached hydrogens (tertiary/aromatic N) is 1.